The summed E-state index contributed by atoms with van der Waals surface area (Å²) in [5.74, 6) is -0.0567. The topological polar surface area (TPSA) is 69.6 Å². The van der Waals surface area contributed by atoms with Crippen molar-refractivity contribution in [3.8, 4) is 0 Å². The molecule has 2 unspecified atom stereocenters. The number of allylic oxidation sites excluding steroid dienone is 9. The fraction of sp³-hybridized carbons (Fsp3) is 0.845. The minimum absolute atomic E-state index is 0.0567. The summed E-state index contributed by atoms with van der Waals surface area (Å²) < 4.78 is 0. The van der Waals surface area contributed by atoms with E-state index in [2.05, 4.69) is 67.8 Å². The van der Waals surface area contributed by atoms with Gasteiger partial charge in [0.2, 0.25) is 5.91 Å². The number of amides is 1. The molecule has 0 rings (SSSR count). The number of hydrogen-bond acceptors (Lipinski definition) is 3. The van der Waals surface area contributed by atoms with Gasteiger partial charge in [0, 0.05) is 6.42 Å². The van der Waals surface area contributed by atoms with Crippen LogP contribution in [0.1, 0.15) is 367 Å². The maximum Gasteiger partial charge on any atom is 0.220 e. The summed E-state index contributed by atoms with van der Waals surface area (Å²) in [5.41, 5.74) is 0. The lowest BCUT2D eigenvalue weighted by Gasteiger charge is -2.20. The molecule has 4 heteroatoms. The molecule has 4 nitrogen and oxygen atoms in total. The normalized spacial score (nSPS) is 13.1. The maximum atomic E-state index is 12.5. The Morgan fingerprint density at radius 1 is 0.333 bits per heavy atom. The molecule has 0 heterocycles. The van der Waals surface area contributed by atoms with E-state index < -0.39 is 12.1 Å². The van der Waals surface area contributed by atoms with Crippen molar-refractivity contribution in [1.29, 1.82) is 0 Å². The molecule has 0 aromatic heterocycles. The Morgan fingerprint density at radius 3 is 0.880 bits per heavy atom. The lowest BCUT2D eigenvalue weighted by atomic mass is 10.0. The van der Waals surface area contributed by atoms with Gasteiger partial charge in [0.25, 0.3) is 0 Å². The van der Waals surface area contributed by atoms with Crippen LogP contribution < -0.4 is 5.32 Å². The molecule has 0 spiro atoms. The molecule has 0 aliphatic carbocycles. The first-order chi connectivity index (χ1) is 37.2. The van der Waals surface area contributed by atoms with E-state index in [1.165, 1.54) is 295 Å². The molecule has 0 aromatic rings. The maximum absolute atomic E-state index is 12.5. The van der Waals surface area contributed by atoms with Crippen molar-refractivity contribution in [2.24, 2.45) is 0 Å². The van der Waals surface area contributed by atoms with Crippen molar-refractivity contribution in [2.75, 3.05) is 6.61 Å². The molecule has 0 aromatic carbocycles. The molecular formula is C71H133NO3. The zero-order valence-corrected chi connectivity index (χ0v) is 50.8. The quantitative estimate of drug-likeness (QED) is 0.0420. The Balaban J connectivity index is 3.42. The average Bonchev–Trinajstić information content (AvgIpc) is 3.41. The average molecular weight is 1050 g/mol. The Hall–Kier alpha value is -1.91. The summed E-state index contributed by atoms with van der Waals surface area (Å²) in [4.78, 5) is 12.5. The van der Waals surface area contributed by atoms with Gasteiger partial charge in [-0.3, -0.25) is 4.79 Å². The Bertz CT molecular complexity index is 1230. The summed E-state index contributed by atoms with van der Waals surface area (Å²) >= 11 is 0. The second-order valence-corrected chi connectivity index (χ2v) is 23.2. The van der Waals surface area contributed by atoms with Crippen molar-refractivity contribution in [1.82, 2.24) is 5.32 Å². The van der Waals surface area contributed by atoms with Crippen LogP contribution in [-0.2, 0) is 4.79 Å². The molecule has 0 saturated heterocycles. The molecule has 0 aliphatic rings. The molecule has 1 amide bonds. The Labute approximate surface area is 470 Å². The van der Waals surface area contributed by atoms with Gasteiger partial charge in [-0.05, 0) is 57.8 Å². The van der Waals surface area contributed by atoms with Gasteiger partial charge < -0.3 is 15.5 Å². The number of carbonyl (C=O) groups is 1. The number of carbonyl (C=O) groups excluding carboxylic acids is 1. The van der Waals surface area contributed by atoms with Crippen molar-refractivity contribution >= 4 is 5.91 Å². The molecule has 0 aliphatic heterocycles. The van der Waals surface area contributed by atoms with Crippen LogP contribution in [-0.4, -0.2) is 34.9 Å². The molecule has 0 radical (unpaired) electrons. The van der Waals surface area contributed by atoms with E-state index in [1.54, 1.807) is 6.08 Å². The summed E-state index contributed by atoms with van der Waals surface area (Å²) in [6, 6.07) is -0.623. The Kier molecular flexibility index (Phi) is 64.7. The van der Waals surface area contributed by atoms with Gasteiger partial charge in [-0.15, -0.1) is 0 Å². The fourth-order valence-electron chi connectivity index (χ4n) is 10.6. The standard InChI is InChI=1S/C71H133NO3/c1-3-5-7-9-11-13-15-17-19-21-23-25-27-29-31-32-33-34-35-36-37-38-39-40-41-43-45-47-49-51-53-55-57-59-61-63-65-67-71(75)72-69(68-73)70(74)66-64-62-60-58-56-54-52-50-48-46-44-42-30-28-26-24-22-20-18-16-14-12-10-8-6-4-2/h5,7,11,13,17,19,23,25,64,66,69-70,73-74H,3-4,6,8-10,12,14-16,18,20-22,24,26-63,65,67-68H2,1-2H3,(H,72,75)/b7-5-,13-11-,19-17-,25-23-,66-64+. The van der Waals surface area contributed by atoms with Gasteiger partial charge in [-0.25, -0.2) is 0 Å². The molecule has 3 N–H and O–H groups in total. The van der Waals surface area contributed by atoms with Crippen LogP contribution in [0.15, 0.2) is 60.8 Å². The minimum Gasteiger partial charge on any atom is -0.394 e. The van der Waals surface area contributed by atoms with Crippen molar-refractivity contribution in [3.63, 3.8) is 0 Å². The van der Waals surface area contributed by atoms with Gasteiger partial charge >= 0.3 is 0 Å². The summed E-state index contributed by atoms with van der Waals surface area (Å²) in [5, 5.41) is 23.3. The van der Waals surface area contributed by atoms with E-state index in [4.69, 9.17) is 0 Å². The fourth-order valence-corrected chi connectivity index (χ4v) is 10.6. The van der Waals surface area contributed by atoms with E-state index in [0.717, 1.165) is 51.4 Å². The molecule has 0 fully saturated rings. The third-order valence-electron chi connectivity index (χ3n) is 15.8. The first kappa shape index (κ1) is 73.1. The van der Waals surface area contributed by atoms with Crippen LogP contribution in [0.5, 0.6) is 0 Å². The second kappa shape index (κ2) is 66.4. The Morgan fingerprint density at radius 2 is 0.587 bits per heavy atom. The van der Waals surface area contributed by atoms with Crippen LogP contribution >= 0.6 is 0 Å². The zero-order valence-electron chi connectivity index (χ0n) is 50.8. The second-order valence-electron chi connectivity index (χ2n) is 23.2. The monoisotopic (exact) mass is 1050 g/mol. The van der Waals surface area contributed by atoms with Crippen molar-refractivity contribution in [3.05, 3.63) is 60.8 Å². The summed E-state index contributed by atoms with van der Waals surface area (Å²) in [6.45, 7) is 4.24. The summed E-state index contributed by atoms with van der Waals surface area (Å²) in [7, 11) is 0. The van der Waals surface area contributed by atoms with Crippen LogP contribution in [0.4, 0.5) is 0 Å². The van der Waals surface area contributed by atoms with E-state index in [9.17, 15) is 15.0 Å². The zero-order chi connectivity index (χ0) is 54.1. The van der Waals surface area contributed by atoms with E-state index in [0.29, 0.717) is 6.42 Å². The SMILES string of the molecule is CC/C=C\C/C=C\C/C=C\C/C=C\CCCCCCCCCCCCCCCCCCCCCCCCCCC(=O)NC(CO)C(O)/C=C/CCCCCCCCCCCCCCCCCCCCCCCCCC. The predicted molar refractivity (Wildman–Crippen MR) is 336 cm³/mol. The molecule has 440 valence electrons. The van der Waals surface area contributed by atoms with Crippen LogP contribution in [0, 0.1) is 0 Å². The number of hydrogen-bond donors (Lipinski definition) is 3. The molecule has 75 heavy (non-hydrogen) atoms. The largest absolute Gasteiger partial charge is 0.394 e. The number of rotatable bonds is 63. The lowest BCUT2D eigenvalue weighted by Crippen LogP contribution is -2.45. The predicted octanol–water partition coefficient (Wildman–Crippen LogP) is 23.1. The van der Waals surface area contributed by atoms with Crippen LogP contribution in [0.25, 0.3) is 0 Å². The van der Waals surface area contributed by atoms with E-state index in [1.807, 2.05) is 6.08 Å². The molecule has 0 bridgehead atoms. The number of unbranched alkanes of at least 4 members (excludes halogenated alkanes) is 48. The number of aliphatic hydroxyl groups excluding tert-OH is 2. The number of aliphatic hydroxyl groups is 2. The van der Waals surface area contributed by atoms with Crippen LogP contribution in [0.3, 0.4) is 0 Å². The molecule has 2 atom stereocenters. The van der Waals surface area contributed by atoms with Gasteiger partial charge in [-0.2, -0.15) is 0 Å². The highest BCUT2D eigenvalue weighted by Crippen LogP contribution is 2.19. The van der Waals surface area contributed by atoms with Gasteiger partial charge in [0.15, 0.2) is 0 Å². The number of nitrogens with one attached hydrogen (secondary N) is 1. The minimum atomic E-state index is -0.840. The first-order valence-corrected chi connectivity index (χ1v) is 34.0. The summed E-state index contributed by atoms with van der Waals surface area (Å²) in [6.07, 6.45) is 94.5. The van der Waals surface area contributed by atoms with Crippen molar-refractivity contribution in [2.45, 2.75) is 379 Å². The van der Waals surface area contributed by atoms with E-state index >= 15 is 0 Å². The molecular weight excluding hydrogens is 915 g/mol. The van der Waals surface area contributed by atoms with E-state index in [-0.39, 0.29) is 12.5 Å². The van der Waals surface area contributed by atoms with Crippen LogP contribution in [0.2, 0.25) is 0 Å². The highest BCUT2D eigenvalue weighted by atomic mass is 16.3. The smallest absolute Gasteiger partial charge is 0.220 e. The van der Waals surface area contributed by atoms with Gasteiger partial charge in [0.05, 0.1) is 18.8 Å². The van der Waals surface area contributed by atoms with Gasteiger partial charge in [-0.1, -0.05) is 364 Å². The third kappa shape index (κ3) is 62.8. The first-order valence-electron chi connectivity index (χ1n) is 34.0. The van der Waals surface area contributed by atoms with Gasteiger partial charge in [0.1, 0.15) is 0 Å². The molecule has 0 saturated carbocycles. The van der Waals surface area contributed by atoms with Crippen molar-refractivity contribution < 1.29 is 15.0 Å². The highest BCUT2D eigenvalue weighted by Gasteiger charge is 2.18. The third-order valence-corrected chi connectivity index (χ3v) is 15.8. The lowest BCUT2D eigenvalue weighted by molar-refractivity contribution is -0.123. The highest BCUT2D eigenvalue weighted by molar-refractivity contribution is 5.76.